The average Bonchev–Trinajstić information content (AvgIpc) is 3.36. The zero-order valence-electron chi connectivity index (χ0n) is 47.0. The fourth-order valence-corrected chi connectivity index (χ4v) is 9.57. The SMILES string of the molecule is CCCCCCCC/C=C\CCCCCCCCCC(=O)OCCCCCCCCCCCCCC/C=C\CCCCCCCCCCCCCC(=O)NC(CO)C(O)/C=C/CCCCCCCCC. The lowest BCUT2D eigenvalue weighted by Crippen LogP contribution is -2.45. The third kappa shape index (κ3) is 55.4. The monoisotopic (exact) mass is 984 g/mol. The van der Waals surface area contributed by atoms with E-state index in [1.165, 1.54) is 263 Å². The number of hydrogen-bond donors (Lipinski definition) is 3. The number of esters is 1. The molecule has 2 atom stereocenters. The lowest BCUT2D eigenvalue weighted by atomic mass is 10.0. The lowest BCUT2D eigenvalue weighted by molar-refractivity contribution is -0.143. The summed E-state index contributed by atoms with van der Waals surface area (Å²) in [4.78, 5) is 24.5. The Morgan fingerprint density at radius 2 is 0.671 bits per heavy atom. The summed E-state index contributed by atoms with van der Waals surface area (Å²) in [6.45, 7) is 4.88. The molecule has 0 aliphatic carbocycles. The van der Waals surface area contributed by atoms with E-state index in [1.54, 1.807) is 6.08 Å². The Bertz CT molecular complexity index is 1130. The Hall–Kier alpha value is -1.92. The van der Waals surface area contributed by atoms with E-state index in [4.69, 9.17) is 4.74 Å². The highest BCUT2D eigenvalue weighted by atomic mass is 16.5. The molecule has 70 heavy (non-hydrogen) atoms. The van der Waals surface area contributed by atoms with Crippen LogP contribution in [0.2, 0.25) is 0 Å². The zero-order valence-corrected chi connectivity index (χ0v) is 47.0. The van der Waals surface area contributed by atoms with E-state index < -0.39 is 12.1 Å². The van der Waals surface area contributed by atoms with Crippen molar-refractivity contribution in [3.63, 3.8) is 0 Å². The quantitative estimate of drug-likeness (QED) is 0.0321. The molecule has 6 heteroatoms. The number of unbranched alkanes of at least 4 members (excludes halogenated alkanes) is 43. The summed E-state index contributed by atoms with van der Waals surface area (Å²) >= 11 is 0. The molecular weight excluding hydrogens is 863 g/mol. The molecular formula is C64H121NO5. The normalized spacial score (nSPS) is 12.8. The first-order chi connectivity index (χ1) is 34.5. The largest absolute Gasteiger partial charge is 0.466 e. The van der Waals surface area contributed by atoms with Gasteiger partial charge in [0, 0.05) is 12.8 Å². The second-order valence-corrected chi connectivity index (χ2v) is 21.4. The van der Waals surface area contributed by atoms with Crippen molar-refractivity contribution in [1.82, 2.24) is 5.32 Å². The van der Waals surface area contributed by atoms with E-state index in [2.05, 4.69) is 43.5 Å². The van der Waals surface area contributed by atoms with Crippen LogP contribution in [-0.2, 0) is 14.3 Å². The Balaban J connectivity index is 3.36. The lowest BCUT2D eigenvalue weighted by Gasteiger charge is -2.20. The number of aliphatic hydroxyl groups excluding tert-OH is 2. The first kappa shape index (κ1) is 68.1. The van der Waals surface area contributed by atoms with Crippen molar-refractivity contribution in [3.05, 3.63) is 36.5 Å². The van der Waals surface area contributed by atoms with E-state index in [0.717, 1.165) is 44.9 Å². The number of allylic oxidation sites excluding steroid dienone is 5. The van der Waals surface area contributed by atoms with Crippen LogP contribution in [0.25, 0.3) is 0 Å². The molecule has 0 aromatic heterocycles. The van der Waals surface area contributed by atoms with Crippen LogP contribution in [0.3, 0.4) is 0 Å². The minimum absolute atomic E-state index is 0.0112. The van der Waals surface area contributed by atoms with Crippen molar-refractivity contribution < 1.29 is 24.5 Å². The van der Waals surface area contributed by atoms with Gasteiger partial charge in [-0.3, -0.25) is 9.59 Å². The third-order valence-corrected chi connectivity index (χ3v) is 14.4. The molecule has 3 N–H and O–H groups in total. The first-order valence-corrected chi connectivity index (χ1v) is 31.3. The number of aliphatic hydroxyl groups is 2. The van der Waals surface area contributed by atoms with E-state index >= 15 is 0 Å². The molecule has 0 aliphatic rings. The maximum atomic E-state index is 12.4. The van der Waals surface area contributed by atoms with Crippen molar-refractivity contribution in [2.45, 2.75) is 347 Å². The van der Waals surface area contributed by atoms with E-state index in [0.29, 0.717) is 19.4 Å². The standard InChI is InChI=1S/C64H121NO5/c1-3-5-7-9-11-13-14-15-16-28-32-35-38-42-46-50-54-58-64(69)70-59-55-51-47-43-39-36-33-30-27-25-23-21-19-17-18-20-22-24-26-29-31-34-37-41-45-49-53-57-63(68)65-61(60-66)62(67)56-52-48-44-40-12-10-8-6-4-2/h15-18,52,56,61-62,66-67H,3-14,19-51,53-55,57-60H2,1-2H3,(H,65,68)/b16-15-,18-17-,56-52+. The zero-order chi connectivity index (χ0) is 50.7. The summed E-state index contributed by atoms with van der Waals surface area (Å²) < 4.78 is 5.49. The van der Waals surface area contributed by atoms with E-state index in [9.17, 15) is 19.8 Å². The van der Waals surface area contributed by atoms with Crippen LogP contribution in [0.4, 0.5) is 0 Å². The highest BCUT2D eigenvalue weighted by molar-refractivity contribution is 5.76. The van der Waals surface area contributed by atoms with Crippen LogP contribution in [0.1, 0.15) is 335 Å². The number of hydrogen-bond acceptors (Lipinski definition) is 5. The summed E-state index contributed by atoms with van der Waals surface area (Å²) in [5.41, 5.74) is 0. The molecule has 0 rings (SSSR count). The fraction of sp³-hybridized carbons (Fsp3) is 0.875. The second kappa shape index (κ2) is 59.6. The van der Waals surface area contributed by atoms with Crippen molar-refractivity contribution in [1.29, 1.82) is 0 Å². The van der Waals surface area contributed by atoms with Gasteiger partial charge in [-0.1, -0.05) is 275 Å². The summed E-state index contributed by atoms with van der Waals surface area (Å²) in [5, 5.41) is 22.9. The maximum Gasteiger partial charge on any atom is 0.305 e. The molecule has 0 saturated heterocycles. The molecule has 0 spiro atoms. The van der Waals surface area contributed by atoms with Crippen molar-refractivity contribution in [2.24, 2.45) is 0 Å². The van der Waals surface area contributed by atoms with Gasteiger partial charge in [-0.15, -0.1) is 0 Å². The highest BCUT2D eigenvalue weighted by Crippen LogP contribution is 2.17. The molecule has 0 radical (unpaired) electrons. The van der Waals surface area contributed by atoms with Crippen molar-refractivity contribution in [3.8, 4) is 0 Å². The number of rotatable bonds is 58. The molecule has 0 bridgehead atoms. The topological polar surface area (TPSA) is 95.9 Å². The Kier molecular flexibility index (Phi) is 58.0. The number of amides is 1. The van der Waals surface area contributed by atoms with Crippen LogP contribution in [0, 0.1) is 0 Å². The molecule has 6 nitrogen and oxygen atoms in total. The summed E-state index contributed by atoms with van der Waals surface area (Å²) in [5.74, 6) is -0.0599. The van der Waals surface area contributed by atoms with Crippen LogP contribution in [0.5, 0.6) is 0 Å². The maximum absolute atomic E-state index is 12.4. The third-order valence-electron chi connectivity index (χ3n) is 14.4. The summed E-state index contributed by atoms with van der Waals surface area (Å²) in [7, 11) is 0. The summed E-state index contributed by atoms with van der Waals surface area (Å²) in [6.07, 6.45) is 74.9. The molecule has 0 heterocycles. The van der Waals surface area contributed by atoms with Gasteiger partial charge in [0.2, 0.25) is 5.91 Å². The van der Waals surface area contributed by atoms with Crippen LogP contribution in [-0.4, -0.2) is 47.4 Å². The molecule has 412 valence electrons. The fourth-order valence-electron chi connectivity index (χ4n) is 9.57. The van der Waals surface area contributed by atoms with Gasteiger partial charge in [0.15, 0.2) is 0 Å². The van der Waals surface area contributed by atoms with Crippen LogP contribution in [0.15, 0.2) is 36.5 Å². The number of nitrogens with one attached hydrogen (secondary N) is 1. The Morgan fingerprint density at radius 3 is 1.01 bits per heavy atom. The molecule has 2 unspecified atom stereocenters. The summed E-state index contributed by atoms with van der Waals surface area (Å²) in [6, 6.07) is -0.626. The molecule has 0 saturated carbocycles. The second-order valence-electron chi connectivity index (χ2n) is 21.4. The predicted octanol–water partition coefficient (Wildman–Crippen LogP) is 19.6. The van der Waals surface area contributed by atoms with Gasteiger partial charge in [-0.05, 0) is 83.5 Å². The first-order valence-electron chi connectivity index (χ1n) is 31.3. The van der Waals surface area contributed by atoms with Gasteiger partial charge in [0.05, 0.1) is 25.4 Å². The minimum Gasteiger partial charge on any atom is -0.466 e. The van der Waals surface area contributed by atoms with Gasteiger partial charge < -0.3 is 20.3 Å². The van der Waals surface area contributed by atoms with Crippen LogP contribution >= 0.6 is 0 Å². The highest BCUT2D eigenvalue weighted by Gasteiger charge is 2.18. The van der Waals surface area contributed by atoms with Gasteiger partial charge in [-0.25, -0.2) is 0 Å². The van der Waals surface area contributed by atoms with Gasteiger partial charge in [-0.2, -0.15) is 0 Å². The molecule has 0 aromatic rings. The van der Waals surface area contributed by atoms with Crippen molar-refractivity contribution >= 4 is 11.9 Å². The minimum atomic E-state index is -0.842. The van der Waals surface area contributed by atoms with Crippen molar-refractivity contribution in [2.75, 3.05) is 13.2 Å². The molecule has 0 aliphatic heterocycles. The number of ether oxygens (including phenoxy) is 1. The Labute approximate surface area is 436 Å². The molecule has 1 amide bonds. The van der Waals surface area contributed by atoms with Gasteiger partial charge >= 0.3 is 5.97 Å². The number of carbonyl (C=O) groups is 2. The van der Waals surface area contributed by atoms with Crippen LogP contribution < -0.4 is 5.32 Å². The van der Waals surface area contributed by atoms with E-state index in [-0.39, 0.29) is 18.5 Å². The van der Waals surface area contributed by atoms with Gasteiger partial charge in [0.1, 0.15) is 0 Å². The Morgan fingerprint density at radius 1 is 0.386 bits per heavy atom. The average molecular weight is 985 g/mol. The van der Waals surface area contributed by atoms with Gasteiger partial charge in [0.25, 0.3) is 0 Å². The smallest absolute Gasteiger partial charge is 0.305 e. The predicted molar refractivity (Wildman–Crippen MR) is 306 cm³/mol. The van der Waals surface area contributed by atoms with E-state index in [1.807, 2.05) is 6.08 Å². The molecule has 0 fully saturated rings. The number of carbonyl (C=O) groups excluding carboxylic acids is 2. The molecule has 0 aromatic carbocycles.